The van der Waals surface area contributed by atoms with Crippen molar-refractivity contribution in [3.8, 4) is 5.75 Å². The number of para-hydroxylation sites is 1. The van der Waals surface area contributed by atoms with Gasteiger partial charge in [0.15, 0.2) is 0 Å². The smallest absolute Gasteiger partial charge is 0.416 e. The molecule has 1 saturated heterocycles. The Labute approximate surface area is 159 Å². The highest BCUT2D eigenvalue weighted by molar-refractivity contribution is 7.89. The van der Waals surface area contributed by atoms with Crippen LogP contribution in [0.2, 0.25) is 0 Å². The molecule has 6 nitrogen and oxygen atoms in total. The summed E-state index contributed by atoms with van der Waals surface area (Å²) in [5, 5.41) is 9.79. The lowest BCUT2D eigenvalue weighted by atomic mass is 10.1. The molecule has 1 fully saturated rings. The molecule has 0 atom stereocenters. The molecular weight excluding hydrogens is 397 g/mol. The van der Waals surface area contributed by atoms with Gasteiger partial charge in [-0.2, -0.15) is 17.5 Å². The molecule has 1 amide bonds. The predicted octanol–water partition coefficient (Wildman–Crippen LogP) is 2.56. The molecule has 0 saturated carbocycles. The summed E-state index contributed by atoms with van der Waals surface area (Å²) >= 11 is 0. The minimum absolute atomic E-state index is 0.0576. The van der Waals surface area contributed by atoms with Gasteiger partial charge in [0.25, 0.3) is 5.91 Å². The Balaban J connectivity index is 1.74. The lowest BCUT2D eigenvalue weighted by Crippen LogP contribution is -2.50. The van der Waals surface area contributed by atoms with Crippen molar-refractivity contribution in [3.63, 3.8) is 0 Å². The first-order valence-electron chi connectivity index (χ1n) is 8.35. The number of hydrogen-bond acceptors (Lipinski definition) is 4. The largest absolute Gasteiger partial charge is 0.507 e. The highest BCUT2D eigenvalue weighted by Gasteiger charge is 2.34. The number of nitrogens with zero attached hydrogens (tertiary/aromatic N) is 2. The van der Waals surface area contributed by atoms with Gasteiger partial charge in [0.2, 0.25) is 10.0 Å². The second-order valence-electron chi connectivity index (χ2n) is 6.24. The molecule has 28 heavy (non-hydrogen) atoms. The van der Waals surface area contributed by atoms with E-state index in [0.717, 1.165) is 22.5 Å². The number of alkyl halides is 3. The molecule has 0 aliphatic carbocycles. The number of benzene rings is 2. The normalized spacial score (nSPS) is 16.2. The molecule has 0 radical (unpaired) electrons. The van der Waals surface area contributed by atoms with E-state index in [2.05, 4.69) is 0 Å². The van der Waals surface area contributed by atoms with Gasteiger partial charge in [0.1, 0.15) is 5.75 Å². The third-order valence-corrected chi connectivity index (χ3v) is 6.35. The zero-order valence-electron chi connectivity index (χ0n) is 14.6. The maximum atomic E-state index is 12.9. The Hall–Kier alpha value is -2.59. The van der Waals surface area contributed by atoms with Gasteiger partial charge in [-0.15, -0.1) is 0 Å². The van der Waals surface area contributed by atoms with Gasteiger partial charge in [0, 0.05) is 26.2 Å². The van der Waals surface area contributed by atoms with E-state index in [-0.39, 0.29) is 37.5 Å². The van der Waals surface area contributed by atoms with Crippen LogP contribution in [0.1, 0.15) is 15.9 Å². The van der Waals surface area contributed by atoms with Crippen molar-refractivity contribution in [3.05, 3.63) is 59.7 Å². The maximum absolute atomic E-state index is 12.9. The van der Waals surface area contributed by atoms with Crippen LogP contribution in [-0.2, 0) is 16.2 Å². The number of aromatic hydroxyl groups is 1. The molecule has 2 aromatic rings. The van der Waals surface area contributed by atoms with Crippen LogP contribution >= 0.6 is 0 Å². The first kappa shape index (κ1) is 20.2. The van der Waals surface area contributed by atoms with Crippen molar-refractivity contribution in [1.29, 1.82) is 0 Å². The third-order valence-electron chi connectivity index (χ3n) is 4.46. The van der Waals surface area contributed by atoms with Crippen LogP contribution in [0.5, 0.6) is 5.75 Å². The van der Waals surface area contributed by atoms with Crippen LogP contribution in [0.25, 0.3) is 0 Å². The summed E-state index contributed by atoms with van der Waals surface area (Å²) in [5.74, 6) is -0.610. The summed E-state index contributed by atoms with van der Waals surface area (Å²) in [6.07, 6.45) is -4.64. The van der Waals surface area contributed by atoms with Gasteiger partial charge in [0.05, 0.1) is 16.0 Å². The van der Waals surface area contributed by atoms with Crippen LogP contribution in [0.4, 0.5) is 13.2 Å². The predicted molar refractivity (Wildman–Crippen MR) is 94.2 cm³/mol. The van der Waals surface area contributed by atoms with E-state index in [4.69, 9.17) is 0 Å². The van der Waals surface area contributed by atoms with E-state index in [0.29, 0.717) is 6.07 Å². The van der Waals surface area contributed by atoms with Crippen LogP contribution in [0, 0.1) is 0 Å². The molecule has 10 heteroatoms. The summed E-state index contributed by atoms with van der Waals surface area (Å²) < 4.78 is 65.0. The Morgan fingerprint density at radius 3 is 2.21 bits per heavy atom. The number of hydrogen-bond donors (Lipinski definition) is 1. The molecule has 0 spiro atoms. The second-order valence-corrected chi connectivity index (χ2v) is 8.18. The molecule has 1 aliphatic rings. The monoisotopic (exact) mass is 414 g/mol. The molecule has 2 aromatic carbocycles. The van der Waals surface area contributed by atoms with Crippen molar-refractivity contribution < 1.29 is 31.5 Å². The van der Waals surface area contributed by atoms with Gasteiger partial charge in [-0.25, -0.2) is 8.42 Å². The Kier molecular flexibility index (Phi) is 5.35. The lowest BCUT2D eigenvalue weighted by Gasteiger charge is -2.34. The van der Waals surface area contributed by atoms with Gasteiger partial charge in [-0.3, -0.25) is 4.79 Å². The topological polar surface area (TPSA) is 77.9 Å². The number of phenolic OH excluding ortho intramolecular Hbond substituents is 1. The van der Waals surface area contributed by atoms with Crippen molar-refractivity contribution >= 4 is 15.9 Å². The minimum atomic E-state index is -4.64. The average Bonchev–Trinajstić information content (AvgIpc) is 2.67. The molecule has 0 unspecified atom stereocenters. The Morgan fingerprint density at radius 2 is 1.61 bits per heavy atom. The highest BCUT2D eigenvalue weighted by atomic mass is 32.2. The number of halogens is 3. The average molecular weight is 414 g/mol. The summed E-state index contributed by atoms with van der Waals surface area (Å²) in [4.78, 5) is 13.4. The van der Waals surface area contributed by atoms with Crippen LogP contribution in [0.15, 0.2) is 53.4 Å². The van der Waals surface area contributed by atoms with Gasteiger partial charge < -0.3 is 10.0 Å². The highest BCUT2D eigenvalue weighted by Crippen LogP contribution is 2.31. The van der Waals surface area contributed by atoms with E-state index in [1.54, 1.807) is 12.1 Å². The van der Waals surface area contributed by atoms with Gasteiger partial charge >= 0.3 is 6.18 Å². The number of piperazine rings is 1. The van der Waals surface area contributed by atoms with Crippen molar-refractivity contribution in [2.75, 3.05) is 26.2 Å². The number of phenols is 1. The zero-order chi connectivity index (χ0) is 20.5. The fraction of sp³-hybridized carbons (Fsp3) is 0.278. The van der Waals surface area contributed by atoms with Crippen molar-refractivity contribution in [2.24, 2.45) is 0 Å². The third kappa shape index (κ3) is 3.97. The number of rotatable bonds is 3. The first-order chi connectivity index (χ1) is 13.1. The standard InChI is InChI=1S/C18H17F3N2O4S/c19-18(20,21)13-4-3-5-14(12-13)28(26,27)23-10-8-22(9-11-23)17(25)15-6-1-2-7-16(15)24/h1-7,12,24H,8-11H2. The summed E-state index contributed by atoms with van der Waals surface area (Å²) in [6.45, 7) is 0.00649. The SMILES string of the molecule is O=C(c1ccccc1O)N1CCN(S(=O)(=O)c2cccc(C(F)(F)F)c2)CC1. The quantitative estimate of drug-likeness (QED) is 0.838. The molecule has 0 aromatic heterocycles. The minimum Gasteiger partial charge on any atom is -0.507 e. The van der Waals surface area contributed by atoms with Crippen molar-refractivity contribution in [2.45, 2.75) is 11.1 Å². The van der Waals surface area contributed by atoms with Gasteiger partial charge in [-0.05, 0) is 30.3 Å². The number of amides is 1. The zero-order valence-corrected chi connectivity index (χ0v) is 15.4. The summed E-state index contributed by atoms with van der Waals surface area (Å²) in [5.41, 5.74) is -0.932. The first-order valence-corrected chi connectivity index (χ1v) is 9.79. The number of sulfonamides is 1. The maximum Gasteiger partial charge on any atom is 0.416 e. The second kappa shape index (κ2) is 7.44. The van der Waals surface area contributed by atoms with E-state index in [9.17, 15) is 31.5 Å². The van der Waals surface area contributed by atoms with E-state index < -0.39 is 32.6 Å². The molecule has 3 rings (SSSR count). The van der Waals surface area contributed by atoms with Crippen LogP contribution < -0.4 is 0 Å². The fourth-order valence-electron chi connectivity index (χ4n) is 2.94. The molecule has 1 aliphatic heterocycles. The van der Waals surface area contributed by atoms with E-state index in [1.165, 1.54) is 17.0 Å². The number of carbonyl (C=O) groups is 1. The number of carbonyl (C=O) groups excluding carboxylic acids is 1. The molecule has 0 bridgehead atoms. The van der Waals surface area contributed by atoms with Gasteiger partial charge in [-0.1, -0.05) is 18.2 Å². The fourth-order valence-corrected chi connectivity index (χ4v) is 4.41. The summed E-state index contributed by atoms with van der Waals surface area (Å²) in [7, 11) is -4.12. The Bertz CT molecular complexity index is 984. The summed E-state index contributed by atoms with van der Waals surface area (Å²) in [6, 6.07) is 9.59. The van der Waals surface area contributed by atoms with Crippen LogP contribution in [0.3, 0.4) is 0 Å². The molecule has 1 heterocycles. The van der Waals surface area contributed by atoms with E-state index >= 15 is 0 Å². The van der Waals surface area contributed by atoms with Crippen LogP contribution in [-0.4, -0.2) is 54.8 Å². The van der Waals surface area contributed by atoms with E-state index in [1.807, 2.05) is 0 Å². The van der Waals surface area contributed by atoms with Crippen molar-refractivity contribution in [1.82, 2.24) is 9.21 Å². The molecule has 150 valence electrons. The lowest BCUT2D eigenvalue weighted by molar-refractivity contribution is -0.137. The Morgan fingerprint density at radius 1 is 0.964 bits per heavy atom. The molecule has 1 N–H and O–H groups in total. The molecular formula is C18H17F3N2O4S.